The van der Waals surface area contributed by atoms with Gasteiger partial charge >= 0.3 is 0 Å². The van der Waals surface area contributed by atoms with Crippen LogP contribution in [0, 0.1) is 0 Å². The summed E-state index contributed by atoms with van der Waals surface area (Å²) in [4.78, 5) is 4.16. The highest BCUT2D eigenvalue weighted by Crippen LogP contribution is 2.29. The molecule has 2 aromatic rings. The van der Waals surface area contributed by atoms with Crippen molar-refractivity contribution in [1.29, 1.82) is 0 Å². The zero-order valence-corrected chi connectivity index (χ0v) is 13.1. The minimum Gasteiger partial charge on any atom is -0.303 e. The maximum absolute atomic E-state index is 6.30. The van der Waals surface area contributed by atoms with Gasteiger partial charge in [0.2, 0.25) is 0 Å². The molecule has 0 aliphatic carbocycles. The van der Waals surface area contributed by atoms with Crippen LogP contribution in [0.4, 0.5) is 0 Å². The molecule has 1 N–H and O–H groups in total. The molecule has 0 fully saturated rings. The number of benzene rings is 1. The molecule has 1 heterocycles. The van der Waals surface area contributed by atoms with Crippen LogP contribution in [-0.4, -0.2) is 4.98 Å². The van der Waals surface area contributed by atoms with E-state index in [4.69, 9.17) is 23.2 Å². The molecule has 0 aliphatic rings. The van der Waals surface area contributed by atoms with Gasteiger partial charge < -0.3 is 5.32 Å². The van der Waals surface area contributed by atoms with Gasteiger partial charge in [-0.15, -0.1) is 0 Å². The third-order valence-corrected chi connectivity index (χ3v) is 3.94. The Labute approximate surface area is 130 Å². The van der Waals surface area contributed by atoms with Crippen molar-refractivity contribution in [2.24, 2.45) is 0 Å². The smallest absolute Gasteiger partial charge is 0.0468 e. The molecule has 2 atom stereocenters. The minimum absolute atomic E-state index is 0.190. The van der Waals surface area contributed by atoms with E-state index in [1.165, 1.54) is 0 Å². The first kappa shape index (κ1) is 15.3. The average molecular weight is 309 g/mol. The number of halogens is 2. The molecule has 1 unspecified atom stereocenters. The molecular weight excluding hydrogens is 291 g/mol. The van der Waals surface area contributed by atoms with Crippen molar-refractivity contribution in [3.8, 4) is 0 Å². The second-order valence-corrected chi connectivity index (χ2v) is 5.65. The molecule has 20 heavy (non-hydrogen) atoms. The zero-order valence-electron chi connectivity index (χ0n) is 11.6. The molecule has 4 heteroatoms. The first-order valence-corrected chi connectivity index (χ1v) is 7.48. The van der Waals surface area contributed by atoms with E-state index in [1.807, 2.05) is 24.4 Å². The zero-order chi connectivity index (χ0) is 14.5. The van der Waals surface area contributed by atoms with Crippen molar-refractivity contribution < 1.29 is 0 Å². The van der Waals surface area contributed by atoms with Crippen LogP contribution in [0.1, 0.15) is 43.5 Å². The van der Waals surface area contributed by atoms with Crippen molar-refractivity contribution in [2.45, 2.75) is 32.4 Å². The van der Waals surface area contributed by atoms with Gasteiger partial charge in [-0.2, -0.15) is 0 Å². The summed E-state index contributed by atoms with van der Waals surface area (Å²) in [6, 6.07) is 10.1. The molecule has 2 rings (SSSR count). The van der Waals surface area contributed by atoms with Crippen LogP contribution >= 0.6 is 23.2 Å². The average Bonchev–Trinajstić information content (AvgIpc) is 2.46. The molecule has 0 saturated carbocycles. The van der Waals surface area contributed by atoms with Gasteiger partial charge in [0.25, 0.3) is 0 Å². The quantitative estimate of drug-likeness (QED) is 0.822. The summed E-state index contributed by atoms with van der Waals surface area (Å²) in [5.41, 5.74) is 2.24. The predicted molar refractivity (Wildman–Crippen MR) is 85.3 cm³/mol. The molecule has 1 aromatic heterocycles. The molecule has 0 spiro atoms. The second kappa shape index (κ2) is 7.07. The van der Waals surface area contributed by atoms with E-state index in [0.717, 1.165) is 17.5 Å². The van der Waals surface area contributed by atoms with Crippen LogP contribution in [0.3, 0.4) is 0 Å². The summed E-state index contributed by atoms with van der Waals surface area (Å²) >= 11 is 12.2. The molecule has 2 nitrogen and oxygen atoms in total. The summed E-state index contributed by atoms with van der Waals surface area (Å²) in [7, 11) is 0. The lowest BCUT2D eigenvalue weighted by molar-refractivity contribution is 0.456. The lowest BCUT2D eigenvalue weighted by Crippen LogP contribution is -2.24. The highest BCUT2D eigenvalue weighted by Gasteiger charge is 2.16. The fourth-order valence-electron chi connectivity index (χ4n) is 2.24. The van der Waals surface area contributed by atoms with Crippen LogP contribution in [-0.2, 0) is 0 Å². The normalized spacial score (nSPS) is 14.0. The highest BCUT2D eigenvalue weighted by molar-refractivity contribution is 6.35. The van der Waals surface area contributed by atoms with Crippen LogP contribution in [0.15, 0.2) is 42.7 Å². The van der Waals surface area contributed by atoms with Crippen molar-refractivity contribution in [2.75, 3.05) is 0 Å². The summed E-state index contributed by atoms with van der Waals surface area (Å²) < 4.78 is 0. The second-order valence-electron chi connectivity index (χ2n) is 4.80. The van der Waals surface area contributed by atoms with Gasteiger partial charge in [-0.1, -0.05) is 42.3 Å². The highest BCUT2D eigenvalue weighted by atomic mass is 35.5. The van der Waals surface area contributed by atoms with Crippen LogP contribution in [0.5, 0.6) is 0 Å². The summed E-state index contributed by atoms with van der Waals surface area (Å²) in [6.07, 6.45) is 4.61. The van der Waals surface area contributed by atoms with Crippen LogP contribution in [0.2, 0.25) is 10.0 Å². The number of hydrogen-bond acceptors (Lipinski definition) is 2. The molecule has 0 aliphatic heterocycles. The van der Waals surface area contributed by atoms with Gasteiger partial charge in [-0.05, 0) is 42.7 Å². The fraction of sp³-hybridized carbons (Fsp3) is 0.312. The third kappa shape index (κ3) is 3.72. The third-order valence-electron chi connectivity index (χ3n) is 3.38. The Morgan fingerprint density at radius 2 is 2.05 bits per heavy atom. The van der Waals surface area contributed by atoms with E-state index >= 15 is 0 Å². The SMILES string of the molecule is CCC(N[C@@H](C)c1cccnc1)c1ccc(Cl)cc1Cl. The van der Waals surface area contributed by atoms with E-state index in [0.29, 0.717) is 10.0 Å². The number of hydrogen-bond donors (Lipinski definition) is 1. The van der Waals surface area contributed by atoms with Gasteiger partial charge in [0.15, 0.2) is 0 Å². The number of nitrogens with one attached hydrogen (secondary N) is 1. The van der Waals surface area contributed by atoms with Crippen molar-refractivity contribution >= 4 is 23.2 Å². The molecule has 106 valence electrons. The molecule has 0 radical (unpaired) electrons. The van der Waals surface area contributed by atoms with Gasteiger partial charge in [0, 0.05) is 34.5 Å². The summed E-state index contributed by atoms with van der Waals surface area (Å²) in [5, 5.41) is 4.96. The molecule has 0 bridgehead atoms. The van der Waals surface area contributed by atoms with Crippen molar-refractivity contribution in [3.05, 3.63) is 63.9 Å². The van der Waals surface area contributed by atoms with Crippen LogP contribution in [0.25, 0.3) is 0 Å². The molecule has 0 saturated heterocycles. The Bertz CT molecular complexity index is 558. The molecule has 0 amide bonds. The number of pyridine rings is 1. The van der Waals surface area contributed by atoms with E-state index in [-0.39, 0.29) is 12.1 Å². The minimum atomic E-state index is 0.190. The van der Waals surface area contributed by atoms with Crippen molar-refractivity contribution in [3.63, 3.8) is 0 Å². The topological polar surface area (TPSA) is 24.9 Å². The Balaban J connectivity index is 2.17. The van der Waals surface area contributed by atoms with Gasteiger partial charge in [0.1, 0.15) is 0 Å². The Kier molecular flexibility index (Phi) is 5.41. The van der Waals surface area contributed by atoms with E-state index in [2.05, 4.69) is 30.2 Å². The summed E-state index contributed by atoms with van der Waals surface area (Å²) in [5.74, 6) is 0. The number of aromatic nitrogens is 1. The van der Waals surface area contributed by atoms with Crippen LogP contribution < -0.4 is 5.32 Å². The van der Waals surface area contributed by atoms with E-state index in [9.17, 15) is 0 Å². The lowest BCUT2D eigenvalue weighted by atomic mass is 10.0. The van der Waals surface area contributed by atoms with Gasteiger partial charge in [-0.25, -0.2) is 0 Å². The van der Waals surface area contributed by atoms with Gasteiger partial charge in [0.05, 0.1) is 0 Å². The first-order chi connectivity index (χ1) is 9.61. The Hall–Kier alpha value is -1.09. The van der Waals surface area contributed by atoms with E-state index < -0.39 is 0 Å². The Morgan fingerprint density at radius 1 is 1.25 bits per heavy atom. The molecule has 1 aromatic carbocycles. The maximum Gasteiger partial charge on any atom is 0.0468 e. The first-order valence-electron chi connectivity index (χ1n) is 6.72. The predicted octanol–water partition coefficient (Wildman–Crippen LogP) is 5.19. The van der Waals surface area contributed by atoms with Crippen molar-refractivity contribution in [1.82, 2.24) is 10.3 Å². The molecular formula is C16H18Cl2N2. The summed E-state index contributed by atoms with van der Waals surface area (Å²) in [6.45, 7) is 4.27. The van der Waals surface area contributed by atoms with E-state index in [1.54, 1.807) is 12.3 Å². The lowest BCUT2D eigenvalue weighted by Gasteiger charge is -2.23. The monoisotopic (exact) mass is 308 g/mol. The standard InChI is InChI=1S/C16H18Cl2N2/c1-3-16(14-7-6-13(17)9-15(14)18)20-11(2)12-5-4-8-19-10-12/h4-11,16,20H,3H2,1-2H3/t11-,16?/m0/s1. The largest absolute Gasteiger partial charge is 0.303 e. The number of rotatable bonds is 5. The Morgan fingerprint density at radius 3 is 2.65 bits per heavy atom. The maximum atomic E-state index is 6.30. The number of nitrogens with zero attached hydrogens (tertiary/aromatic N) is 1. The fourth-order valence-corrected chi connectivity index (χ4v) is 2.78. The van der Waals surface area contributed by atoms with Gasteiger partial charge in [-0.3, -0.25) is 4.98 Å².